The first kappa shape index (κ1) is 14.1. The summed E-state index contributed by atoms with van der Waals surface area (Å²) in [4.78, 5) is 4.77. The van der Waals surface area contributed by atoms with Gasteiger partial charge in [0.25, 0.3) is 0 Å². The highest BCUT2D eigenvalue weighted by molar-refractivity contribution is 5.28. The van der Waals surface area contributed by atoms with E-state index in [1.54, 1.807) is 0 Å². The van der Waals surface area contributed by atoms with Gasteiger partial charge in [0.15, 0.2) is 0 Å². The Balaban J connectivity index is 1.94. The van der Waals surface area contributed by atoms with E-state index in [0.717, 1.165) is 0 Å². The van der Waals surface area contributed by atoms with Crippen molar-refractivity contribution in [2.24, 2.45) is 5.41 Å². The van der Waals surface area contributed by atoms with Crippen LogP contribution in [0.1, 0.15) is 69.0 Å². The zero-order chi connectivity index (χ0) is 14.0. The number of hydrogen-bond donors (Lipinski definition) is 1. The molecule has 0 aromatic carbocycles. The van der Waals surface area contributed by atoms with E-state index in [1.807, 2.05) is 6.20 Å². The summed E-state index contributed by atoms with van der Waals surface area (Å²) in [7, 11) is 2.16. The van der Waals surface area contributed by atoms with Gasteiger partial charge in [-0.3, -0.25) is 4.98 Å². The Morgan fingerprint density at radius 1 is 1.35 bits per heavy atom. The Labute approximate surface area is 123 Å². The fraction of sp³-hybridized carbons (Fsp3) is 0.722. The maximum atomic E-state index is 4.77. The summed E-state index contributed by atoms with van der Waals surface area (Å²) in [5, 5.41) is 3.71. The lowest BCUT2D eigenvalue weighted by atomic mass is 9.67. The molecule has 2 nitrogen and oxygen atoms in total. The lowest BCUT2D eigenvalue weighted by molar-refractivity contribution is 0.158. The van der Waals surface area contributed by atoms with Crippen molar-refractivity contribution in [2.45, 2.75) is 70.3 Å². The molecule has 0 amide bonds. The summed E-state index contributed by atoms with van der Waals surface area (Å²) < 4.78 is 0. The SMILES string of the molecule is CCC1(C(NC)C2CCCc3cccnc32)CCCC1. The molecule has 2 atom stereocenters. The Morgan fingerprint density at radius 3 is 2.85 bits per heavy atom. The molecule has 1 aromatic rings. The molecule has 0 saturated heterocycles. The number of hydrogen-bond acceptors (Lipinski definition) is 2. The quantitative estimate of drug-likeness (QED) is 0.894. The topological polar surface area (TPSA) is 24.9 Å². The van der Waals surface area contributed by atoms with Crippen molar-refractivity contribution in [3.63, 3.8) is 0 Å². The zero-order valence-corrected chi connectivity index (χ0v) is 13.0. The lowest BCUT2D eigenvalue weighted by Gasteiger charge is -2.43. The highest BCUT2D eigenvalue weighted by atomic mass is 14.9. The average molecular weight is 272 g/mol. The maximum Gasteiger partial charge on any atom is 0.0482 e. The summed E-state index contributed by atoms with van der Waals surface area (Å²) in [6.07, 6.45) is 12.7. The third-order valence-electron chi connectivity index (χ3n) is 5.92. The van der Waals surface area contributed by atoms with Gasteiger partial charge >= 0.3 is 0 Å². The molecule has 110 valence electrons. The van der Waals surface area contributed by atoms with Gasteiger partial charge < -0.3 is 5.32 Å². The number of aromatic nitrogens is 1. The molecule has 0 radical (unpaired) electrons. The molecule has 2 aliphatic rings. The second-order valence-corrected chi connectivity index (χ2v) is 6.74. The molecule has 1 aromatic heterocycles. The Bertz CT molecular complexity index is 448. The van der Waals surface area contributed by atoms with Gasteiger partial charge in [-0.1, -0.05) is 25.8 Å². The highest BCUT2D eigenvalue weighted by Crippen LogP contribution is 2.49. The summed E-state index contributed by atoms with van der Waals surface area (Å²) in [5.74, 6) is 0.614. The number of pyridine rings is 1. The summed E-state index contributed by atoms with van der Waals surface area (Å²) >= 11 is 0. The number of fused-ring (bicyclic) bond motifs is 1. The van der Waals surface area contributed by atoms with Crippen LogP contribution in [-0.2, 0) is 6.42 Å². The Hall–Kier alpha value is -0.890. The van der Waals surface area contributed by atoms with E-state index >= 15 is 0 Å². The van der Waals surface area contributed by atoms with Crippen LogP contribution in [0.25, 0.3) is 0 Å². The second kappa shape index (κ2) is 5.85. The third kappa shape index (κ3) is 2.28. The van der Waals surface area contributed by atoms with E-state index in [9.17, 15) is 0 Å². The van der Waals surface area contributed by atoms with Gasteiger partial charge in [0.2, 0.25) is 0 Å². The standard InChI is InChI=1S/C18H28N2/c1-3-18(11-4-5-12-18)17(19-2)15-10-6-8-14-9-7-13-20-16(14)15/h7,9,13,15,17,19H,3-6,8,10-12H2,1-2H3. The fourth-order valence-corrected chi connectivity index (χ4v) is 4.87. The van der Waals surface area contributed by atoms with Gasteiger partial charge in [-0.2, -0.15) is 0 Å². The molecular formula is C18H28N2. The zero-order valence-electron chi connectivity index (χ0n) is 13.0. The largest absolute Gasteiger partial charge is 0.316 e. The number of rotatable bonds is 4. The Morgan fingerprint density at radius 2 is 2.15 bits per heavy atom. The molecule has 0 aliphatic heterocycles. The second-order valence-electron chi connectivity index (χ2n) is 6.74. The van der Waals surface area contributed by atoms with Crippen molar-refractivity contribution in [1.82, 2.24) is 10.3 Å². The van der Waals surface area contributed by atoms with Gasteiger partial charge in [-0.05, 0) is 62.6 Å². The molecule has 0 bridgehead atoms. The van der Waals surface area contributed by atoms with Crippen LogP contribution >= 0.6 is 0 Å². The molecule has 1 heterocycles. The van der Waals surface area contributed by atoms with E-state index in [1.165, 1.54) is 62.6 Å². The van der Waals surface area contributed by atoms with Crippen LogP contribution in [0.2, 0.25) is 0 Å². The predicted molar refractivity (Wildman–Crippen MR) is 84.0 cm³/mol. The average Bonchev–Trinajstić information content (AvgIpc) is 2.98. The third-order valence-corrected chi connectivity index (χ3v) is 5.92. The van der Waals surface area contributed by atoms with Crippen molar-refractivity contribution >= 4 is 0 Å². The van der Waals surface area contributed by atoms with Crippen molar-refractivity contribution in [2.75, 3.05) is 7.05 Å². The van der Waals surface area contributed by atoms with Crippen LogP contribution < -0.4 is 5.32 Å². The van der Waals surface area contributed by atoms with Crippen LogP contribution in [-0.4, -0.2) is 18.1 Å². The van der Waals surface area contributed by atoms with Crippen LogP contribution in [0.3, 0.4) is 0 Å². The summed E-state index contributed by atoms with van der Waals surface area (Å²) in [6.45, 7) is 2.39. The van der Waals surface area contributed by atoms with E-state index in [0.29, 0.717) is 17.4 Å². The first-order chi connectivity index (χ1) is 9.80. The number of nitrogens with zero attached hydrogens (tertiary/aromatic N) is 1. The summed E-state index contributed by atoms with van der Waals surface area (Å²) in [5.41, 5.74) is 3.39. The number of likely N-dealkylation sites (N-methyl/N-ethyl adjacent to an activating group) is 1. The molecule has 1 saturated carbocycles. The normalized spacial score (nSPS) is 26.2. The minimum absolute atomic E-state index is 0.506. The highest BCUT2D eigenvalue weighted by Gasteiger charge is 2.44. The molecule has 20 heavy (non-hydrogen) atoms. The van der Waals surface area contributed by atoms with Crippen LogP contribution in [0.4, 0.5) is 0 Å². The van der Waals surface area contributed by atoms with Crippen molar-refractivity contribution in [3.8, 4) is 0 Å². The van der Waals surface area contributed by atoms with Gasteiger partial charge in [0.05, 0.1) is 0 Å². The van der Waals surface area contributed by atoms with Crippen LogP contribution in [0.5, 0.6) is 0 Å². The smallest absolute Gasteiger partial charge is 0.0482 e. The van der Waals surface area contributed by atoms with Gasteiger partial charge in [-0.25, -0.2) is 0 Å². The molecule has 2 heteroatoms. The van der Waals surface area contributed by atoms with Gasteiger partial charge in [0, 0.05) is 23.9 Å². The van der Waals surface area contributed by atoms with Gasteiger partial charge in [-0.15, -0.1) is 0 Å². The van der Waals surface area contributed by atoms with Crippen molar-refractivity contribution in [3.05, 3.63) is 29.6 Å². The summed E-state index contributed by atoms with van der Waals surface area (Å²) in [6, 6.07) is 4.99. The maximum absolute atomic E-state index is 4.77. The molecule has 0 spiro atoms. The fourth-order valence-electron chi connectivity index (χ4n) is 4.87. The number of aryl methyl sites for hydroxylation is 1. The molecule has 3 rings (SSSR count). The van der Waals surface area contributed by atoms with E-state index in [2.05, 4.69) is 31.4 Å². The van der Waals surface area contributed by atoms with Gasteiger partial charge in [0.1, 0.15) is 0 Å². The van der Waals surface area contributed by atoms with Crippen molar-refractivity contribution < 1.29 is 0 Å². The molecule has 2 aliphatic carbocycles. The molecular weight excluding hydrogens is 244 g/mol. The Kier molecular flexibility index (Phi) is 4.11. The van der Waals surface area contributed by atoms with E-state index in [-0.39, 0.29) is 0 Å². The van der Waals surface area contributed by atoms with Crippen LogP contribution in [0, 0.1) is 5.41 Å². The molecule has 1 N–H and O–H groups in total. The molecule has 2 unspecified atom stereocenters. The molecule has 1 fully saturated rings. The minimum atomic E-state index is 0.506. The van der Waals surface area contributed by atoms with E-state index < -0.39 is 0 Å². The number of nitrogens with one attached hydrogen (secondary N) is 1. The van der Waals surface area contributed by atoms with Crippen LogP contribution in [0.15, 0.2) is 18.3 Å². The van der Waals surface area contributed by atoms with E-state index in [4.69, 9.17) is 4.98 Å². The first-order valence-corrected chi connectivity index (χ1v) is 8.42. The first-order valence-electron chi connectivity index (χ1n) is 8.42. The monoisotopic (exact) mass is 272 g/mol. The minimum Gasteiger partial charge on any atom is -0.316 e. The van der Waals surface area contributed by atoms with Crippen molar-refractivity contribution in [1.29, 1.82) is 0 Å². The lowest BCUT2D eigenvalue weighted by Crippen LogP contribution is -2.47. The predicted octanol–water partition coefficient (Wildman–Crippen LogP) is 4.06.